The summed E-state index contributed by atoms with van der Waals surface area (Å²) in [6.45, 7) is 6.39. The highest BCUT2D eigenvalue weighted by Gasteiger charge is 2.23. The third-order valence-electron chi connectivity index (χ3n) is 1.61. The molecule has 0 aliphatic carbocycles. The first-order valence-corrected chi connectivity index (χ1v) is 5.25. The van der Waals surface area contributed by atoms with Crippen molar-refractivity contribution in [3.05, 3.63) is 0 Å². The molecule has 0 aromatic rings. The molecule has 0 aromatic heterocycles. The Bertz CT molecular complexity index is 272. The molecule has 7 heteroatoms. The lowest BCUT2D eigenvalue weighted by molar-refractivity contribution is -0.139. The topological polar surface area (TPSA) is 108 Å². The van der Waals surface area contributed by atoms with Crippen molar-refractivity contribution in [2.75, 3.05) is 6.54 Å². The summed E-state index contributed by atoms with van der Waals surface area (Å²) in [5.41, 5.74) is -0.690. The number of hydrogen-bond acceptors (Lipinski definition) is 5. The number of aliphatic hydroxyl groups excluding tert-OH is 1. The molecule has 100 valence electrons. The van der Waals surface area contributed by atoms with Crippen LogP contribution in [0.25, 0.3) is 0 Å². The molecule has 4 N–H and O–H groups in total. The second-order valence-corrected chi connectivity index (χ2v) is 4.62. The predicted molar refractivity (Wildman–Crippen MR) is 60.5 cm³/mol. The second-order valence-electron chi connectivity index (χ2n) is 4.62. The fourth-order valence-corrected chi connectivity index (χ4v) is 0.938. The van der Waals surface area contributed by atoms with E-state index in [2.05, 4.69) is 10.6 Å². The van der Waals surface area contributed by atoms with E-state index in [1.807, 2.05) is 0 Å². The van der Waals surface area contributed by atoms with E-state index < -0.39 is 29.9 Å². The maximum atomic E-state index is 11.3. The molecule has 0 radical (unpaired) electrons. The zero-order valence-electron chi connectivity index (χ0n) is 10.5. The number of alkyl carbamates (subject to hydrolysis) is 1. The van der Waals surface area contributed by atoms with Gasteiger partial charge in [-0.05, 0) is 27.7 Å². The Kier molecular flexibility index (Phi) is 5.90. The van der Waals surface area contributed by atoms with E-state index >= 15 is 0 Å². The lowest BCUT2D eigenvalue weighted by Gasteiger charge is -2.22. The molecule has 2 atom stereocenters. The Balaban J connectivity index is 4.26. The fraction of sp³-hybridized carbons (Fsp3) is 0.800. The second kappa shape index (κ2) is 6.41. The van der Waals surface area contributed by atoms with Crippen molar-refractivity contribution in [1.29, 1.82) is 0 Å². The molecular formula is C10H20N2O5. The predicted octanol–water partition coefficient (Wildman–Crippen LogP) is -0.108. The van der Waals surface area contributed by atoms with E-state index in [1.165, 1.54) is 6.92 Å². The molecule has 1 amide bonds. The van der Waals surface area contributed by atoms with Gasteiger partial charge in [0.15, 0.2) is 0 Å². The van der Waals surface area contributed by atoms with Gasteiger partial charge in [-0.25, -0.2) is 9.59 Å². The molecular weight excluding hydrogens is 228 g/mol. The first-order chi connectivity index (χ1) is 7.61. The SMILES string of the molecule is C[C@H](O)NCC(NC(=O)OC(C)(C)C)C(=O)O. The molecule has 7 nitrogen and oxygen atoms in total. The van der Waals surface area contributed by atoms with Crippen molar-refractivity contribution in [2.24, 2.45) is 0 Å². The molecule has 17 heavy (non-hydrogen) atoms. The zero-order valence-corrected chi connectivity index (χ0v) is 10.5. The molecule has 0 saturated heterocycles. The number of carbonyl (C=O) groups excluding carboxylic acids is 1. The van der Waals surface area contributed by atoms with Crippen molar-refractivity contribution >= 4 is 12.1 Å². The van der Waals surface area contributed by atoms with E-state index in [0.29, 0.717) is 0 Å². The normalized spacial score (nSPS) is 14.9. The standard InChI is InChI=1S/C10H20N2O5/c1-6(13)11-5-7(8(14)15)12-9(16)17-10(2,3)4/h6-7,11,13H,5H2,1-4H3,(H,12,16)(H,14,15)/t6-,7?/m0/s1. The third kappa shape index (κ3) is 8.47. The number of carboxylic acids is 1. The Hall–Kier alpha value is -1.34. The quantitative estimate of drug-likeness (QED) is 0.506. The van der Waals surface area contributed by atoms with Gasteiger partial charge >= 0.3 is 12.1 Å². The minimum atomic E-state index is -1.20. The summed E-state index contributed by atoms with van der Waals surface area (Å²) in [6.07, 6.45) is -1.66. The Morgan fingerprint density at radius 3 is 2.24 bits per heavy atom. The van der Waals surface area contributed by atoms with Crippen LogP contribution in [0.2, 0.25) is 0 Å². The molecule has 0 heterocycles. The molecule has 0 saturated carbocycles. The summed E-state index contributed by atoms with van der Waals surface area (Å²) in [5, 5.41) is 22.5. The maximum absolute atomic E-state index is 11.3. The van der Waals surface area contributed by atoms with E-state index in [4.69, 9.17) is 14.9 Å². The van der Waals surface area contributed by atoms with Crippen LogP contribution in [0.5, 0.6) is 0 Å². The van der Waals surface area contributed by atoms with Crippen LogP contribution in [0, 0.1) is 0 Å². The van der Waals surface area contributed by atoms with Crippen molar-refractivity contribution in [3.8, 4) is 0 Å². The molecule has 0 rings (SSSR count). The summed E-state index contributed by atoms with van der Waals surface area (Å²) in [5.74, 6) is -1.20. The van der Waals surface area contributed by atoms with Crippen LogP contribution in [0.15, 0.2) is 0 Å². The smallest absolute Gasteiger partial charge is 0.408 e. The minimum absolute atomic E-state index is 0.0910. The maximum Gasteiger partial charge on any atom is 0.408 e. The van der Waals surface area contributed by atoms with Gasteiger partial charge in [-0.1, -0.05) is 0 Å². The van der Waals surface area contributed by atoms with Crippen molar-refractivity contribution in [1.82, 2.24) is 10.6 Å². The number of aliphatic carboxylic acids is 1. The fourth-order valence-electron chi connectivity index (χ4n) is 0.938. The summed E-state index contributed by atoms with van der Waals surface area (Å²) in [4.78, 5) is 22.2. The van der Waals surface area contributed by atoms with Gasteiger partial charge in [0.2, 0.25) is 0 Å². The van der Waals surface area contributed by atoms with Crippen LogP contribution in [-0.4, -0.2) is 46.7 Å². The number of ether oxygens (including phenoxy) is 1. The summed E-state index contributed by atoms with van der Waals surface area (Å²) in [7, 11) is 0. The minimum Gasteiger partial charge on any atom is -0.480 e. The van der Waals surface area contributed by atoms with Crippen LogP contribution in [0.1, 0.15) is 27.7 Å². The van der Waals surface area contributed by atoms with Gasteiger partial charge in [-0.3, -0.25) is 5.32 Å². The lowest BCUT2D eigenvalue weighted by atomic mass is 10.2. The van der Waals surface area contributed by atoms with E-state index in [0.717, 1.165) is 0 Å². The molecule has 0 spiro atoms. The number of hydrogen-bond donors (Lipinski definition) is 4. The molecule has 0 aromatic carbocycles. The van der Waals surface area contributed by atoms with Crippen LogP contribution < -0.4 is 10.6 Å². The van der Waals surface area contributed by atoms with Gasteiger partial charge in [0.1, 0.15) is 17.9 Å². The average molecular weight is 248 g/mol. The number of aliphatic hydroxyl groups is 1. The summed E-state index contributed by atoms with van der Waals surface area (Å²) >= 11 is 0. The molecule has 0 fully saturated rings. The summed E-state index contributed by atoms with van der Waals surface area (Å²) in [6, 6.07) is -1.15. The van der Waals surface area contributed by atoms with Gasteiger partial charge in [0.25, 0.3) is 0 Å². The van der Waals surface area contributed by atoms with E-state index in [1.54, 1.807) is 20.8 Å². The van der Waals surface area contributed by atoms with Gasteiger partial charge in [0, 0.05) is 6.54 Å². The number of nitrogens with one attached hydrogen (secondary N) is 2. The van der Waals surface area contributed by atoms with E-state index in [9.17, 15) is 9.59 Å². The molecule has 0 bridgehead atoms. The first kappa shape index (κ1) is 15.7. The number of carbonyl (C=O) groups is 2. The Labute approximate surface area is 100 Å². The Morgan fingerprint density at radius 2 is 1.88 bits per heavy atom. The molecule has 1 unspecified atom stereocenters. The van der Waals surface area contributed by atoms with Crippen LogP contribution in [-0.2, 0) is 9.53 Å². The van der Waals surface area contributed by atoms with Gasteiger partial charge in [-0.2, -0.15) is 0 Å². The highest BCUT2D eigenvalue weighted by molar-refractivity contribution is 5.80. The monoisotopic (exact) mass is 248 g/mol. The van der Waals surface area contributed by atoms with Crippen molar-refractivity contribution in [2.45, 2.75) is 45.6 Å². The van der Waals surface area contributed by atoms with Crippen LogP contribution >= 0.6 is 0 Å². The number of carboxylic acid groups (broad SMARTS) is 1. The van der Waals surface area contributed by atoms with Gasteiger partial charge in [0.05, 0.1) is 0 Å². The highest BCUT2D eigenvalue weighted by atomic mass is 16.6. The first-order valence-electron chi connectivity index (χ1n) is 5.25. The van der Waals surface area contributed by atoms with Crippen LogP contribution in [0.3, 0.4) is 0 Å². The third-order valence-corrected chi connectivity index (χ3v) is 1.61. The summed E-state index contributed by atoms with van der Waals surface area (Å²) < 4.78 is 4.92. The van der Waals surface area contributed by atoms with E-state index in [-0.39, 0.29) is 6.54 Å². The van der Waals surface area contributed by atoms with Crippen molar-refractivity contribution < 1.29 is 24.5 Å². The zero-order chi connectivity index (χ0) is 13.6. The highest BCUT2D eigenvalue weighted by Crippen LogP contribution is 2.06. The molecule has 0 aliphatic heterocycles. The van der Waals surface area contributed by atoms with Crippen LogP contribution in [0.4, 0.5) is 4.79 Å². The van der Waals surface area contributed by atoms with Gasteiger partial charge in [-0.15, -0.1) is 0 Å². The number of rotatable bonds is 5. The lowest BCUT2D eigenvalue weighted by Crippen LogP contribution is -2.50. The molecule has 0 aliphatic rings. The number of amides is 1. The van der Waals surface area contributed by atoms with Crippen molar-refractivity contribution in [3.63, 3.8) is 0 Å². The average Bonchev–Trinajstić information content (AvgIpc) is 2.08. The largest absolute Gasteiger partial charge is 0.480 e. The van der Waals surface area contributed by atoms with Gasteiger partial charge < -0.3 is 20.3 Å². The Morgan fingerprint density at radius 1 is 1.35 bits per heavy atom.